The number of rotatable bonds is 4. The predicted octanol–water partition coefficient (Wildman–Crippen LogP) is 3.33. The third-order valence-electron chi connectivity index (χ3n) is 4.46. The standard InChI is InChI=1S/C21H15F3N4O3/c22-21(23,24)20(30)31-18-16(27-28-11-10-26-19(29)17(18)28)14-8-9-25-15(12-14)7-6-13-4-2-1-3-5-13/h1-9,12H,10-11H2,(H,26,29)/b7-6+. The molecular formula is C21H15F3N4O3. The van der Waals surface area contributed by atoms with Crippen molar-refractivity contribution in [2.75, 3.05) is 6.54 Å². The van der Waals surface area contributed by atoms with Gasteiger partial charge >= 0.3 is 12.1 Å². The van der Waals surface area contributed by atoms with Crippen molar-refractivity contribution in [3.8, 4) is 17.0 Å². The second kappa shape index (κ2) is 8.05. The van der Waals surface area contributed by atoms with Gasteiger partial charge in [-0.15, -0.1) is 0 Å². The van der Waals surface area contributed by atoms with Gasteiger partial charge < -0.3 is 10.1 Å². The Morgan fingerprint density at radius 1 is 1.16 bits per heavy atom. The van der Waals surface area contributed by atoms with Crippen LogP contribution in [0.5, 0.6) is 5.75 Å². The van der Waals surface area contributed by atoms with Crippen LogP contribution in [0.1, 0.15) is 21.7 Å². The number of amides is 1. The van der Waals surface area contributed by atoms with Gasteiger partial charge in [-0.3, -0.25) is 14.5 Å². The molecule has 1 amide bonds. The van der Waals surface area contributed by atoms with Crippen molar-refractivity contribution in [2.45, 2.75) is 12.7 Å². The molecule has 2 aromatic heterocycles. The molecule has 0 bridgehead atoms. The number of carbonyl (C=O) groups is 2. The summed E-state index contributed by atoms with van der Waals surface area (Å²) < 4.78 is 44.3. The monoisotopic (exact) mass is 428 g/mol. The van der Waals surface area contributed by atoms with Gasteiger partial charge in [-0.2, -0.15) is 18.3 Å². The molecule has 4 rings (SSSR count). The lowest BCUT2D eigenvalue weighted by molar-refractivity contribution is -0.189. The topological polar surface area (TPSA) is 86.1 Å². The molecule has 158 valence electrons. The normalized spacial score (nSPS) is 13.7. The molecule has 1 aliphatic heterocycles. The summed E-state index contributed by atoms with van der Waals surface area (Å²) >= 11 is 0. The number of aromatic nitrogens is 3. The first-order valence-electron chi connectivity index (χ1n) is 9.20. The summed E-state index contributed by atoms with van der Waals surface area (Å²) in [6.45, 7) is 0.477. The lowest BCUT2D eigenvalue weighted by Crippen LogP contribution is -2.36. The number of alkyl halides is 3. The number of pyridine rings is 1. The Bertz CT molecular complexity index is 1170. The Morgan fingerprint density at radius 3 is 2.68 bits per heavy atom. The van der Waals surface area contributed by atoms with Gasteiger partial charge in [0, 0.05) is 18.3 Å². The van der Waals surface area contributed by atoms with Gasteiger partial charge in [0.1, 0.15) is 5.69 Å². The van der Waals surface area contributed by atoms with Crippen molar-refractivity contribution in [2.24, 2.45) is 0 Å². The van der Waals surface area contributed by atoms with Gasteiger partial charge in [0.15, 0.2) is 11.4 Å². The second-order valence-electron chi connectivity index (χ2n) is 6.61. The number of esters is 1. The van der Waals surface area contributed by atoms with Crippen LogP contribution in [0, 0.1) is 0 Å². The van der Waals surface area contributed by atoms with E-state index in [1.54, 1.807) is 12.1 Å². The lowest BCUT2D eigenvalue weighted by Gasteiger charge is -2.15. The van der Waals surface area contributed by atoms with E-state index in [-0.39, 0.29) is 24.5 Å². The fraction of sp³-hybridized carbons (Fsp3) is 0.143. The summed E-state index contributed by atoms with van der Waals surface area (Å²) in [5.74, 6) is -3.64. The summed E-state index contributed by atoms with van der Waals surface area (Å²) in [6.07, 6.45) is -0.224. The van der Waals surface area contributed by atoms with Crippen molar-refractivity contribution >= 4 is 24.0 Å². The van der Waals surface area contributed by atoms with E-state index in [1.807, 2.05) is 36.4 Å². The molecule has 0 fully saturated rings. The van der Waals surface area contributed by atoms with Crippen LogP contribution in [0.2, 0.25) is 0 Å². The number of benzene rings is 1. The van der Waals surface area contributed by atoms with E-state index in [0.717, 1.165) is 5.56 Å². The van der Waals surface area contributed by atoms with Crippen LogP contribution in [0.4, 0.5) is 13.2 Å². The summed E-state index contributed by atoms with van der Waals surface area (Å²) in [6, 6.07) is 12.5. The lowest BCUT2D eigenvalue weighted by atomic mass is 10.1. The number of ether oxygens (including phenoxy) is 1. The Labute approximate surface area is 174 Å². The zero-order chi connectivity index (χ0) is 22.0. The molecule has 3 aromatic rings. The van der Waals surface area contributed by atoms with Crippen LogP contribution in [-0.2, 0) is 11.3 Å². The molecule has 1 N–H and O–H groups in total. The maximum absolute atomic E-state index is 12.8. The van der Waals surface area contributed by atoms with E-state index in [1.165, 1.54) is 16.9 Å². The van der Waals surface area contributed by atoms with Crippen LogP contribution < -0.4 is 10.1 Å². The van der Waals surface area contributed by atoms with Crippen molar-refractivity contribution in [3.05, 3.63) is 65.6 Å². The highest BCUT2D eigenvalue weighted by molar-refractivity contribution is 5.99. The average Bonchev–Trinajstić information content (AvgIpc) is 3.12. The Kier molecular flexibility index (Phi) is 5.28. The van der Waals surface area contributed by atoms with Gasteiger partial charge in [-0.1, -0.05) is 36.4 Å². The van der Waals surface area contributed by atoms with Gasteiger partial charge in [0.25, 0.3) is 5.91 Å². The minimum Gasteiger partial charge on any atom is -0.415 e. The maximum atomic E-state index is 12.8. The predicted molar refractivity (Wildman–Crippen MR) is 105 cm³/mol. The minimum absolute atomic E-state index is 0.0542. The molecule has 0 atom stereocenters. The van der Waals surface area contributed by atoms with Gasteiger partial charge in [-0.25, -0.2) is 4.79 Å². The van der Waals surface area contributed by atoms with Crippen LogP contribution in [0.25, 0.3) is 23.4 Å². The van der Waals surface area contributed by atoms with Crippen LogP contribution in [0.3, 0.4) is 0 Å². The summed E-state index contributed by atoms with van der Waals surface area (Å²) in [4.78, 5) is 28.0. The highest BCUT2D eigenvalue weighted by Gasteiger charge is 2.43. The SMILES string of the molecule is O=C1NCCn2nc(-c3ccnc(/C=C/c4ccccc4)c3)c(OC(=O)C(F)(F)F)c21. The molecule has 0 spiro atoms. The highest BCUT2D eigenvalue weighted by Crippen LogP contribution is 2.35. The third-order valence-corrected chi connectivity index (χ3v) is 4.46. The number of nitrogens with zero attached hydrogens (tertiary/aromatic N) is 3. The van der Waals surface area contributed by atoms with Crippen molar-refractivity contribution < 1.29 is 27.5 Å². The molecule has 1 aliphatic rings. The van der Waals surface area contributed by atoms with Crippen LogP contribution in [-0.4, -0.2) is 39.4 Å². The Hall–Kier alpha value is -3.95. The molecule has 10 heteroatoms. The molecular weight excluding hydrogens is 413 g/mol. The number of halogens is 3. The first-order valence-corrected chi connectivity index (χ1v) is 9.20. The van der Waals surface area contributed by atoms with Crippen molar-refractivity contribution in [3.63, 3.8) is 0 Å². The fourth-order valence-electron chi connectivity index (χ4n) is 3.06. The zero-order valence-electron chi connectivity index (χ0n) is 15.9. The summed E-state index contributed by atoms with van der Waals surface area (Å²) in [5.41, 5.74) is 1.49. The molecule has 0 unspecified atom stereocenters. The quantitative estimate of drug-likeness (QED) is 0.645. The van der Waals surface area contributed by atoms with E-state index in [0.29, 0.717) is 11.3 Å². The zero-order valence-corrected chi connectivity index (χ0v) is 15.9. The molecule has 0 aliphatic carbocycles. The van der Waals surface area contributed by atoms with Gasteiger partial charge in [0.2, 0.25) is 0 Å². The van der Waals surface area contributed by atoms with E-state index in [2.05, 4.69) is 20.1 Å². The van der Waals surface area contributed by atoms with Gasteiger partial charge in [0.05, 0.1) is 12.2 Å². The largest absolute Gasteiger partial charge is 0.491 e. The van der Waals surface area contributed by atoms with E-state index in [4.69, 9.17) is 0 Å². The van der Waals surface area contributed by atoms with Crippen molar-refractivity contribution in [1.29, 1.82) is 0 Å². The molecule has 31 heavy (non-hydrogen) atoms. The molecule has 0 saturated carbocycles. The third kappa shape index (κ3) is 4.32. The Morgan fingerprint density at radius 2 is 1.94 bits per heavy atom. The van der Waals surface area contributed by atoms with E-state index < -0.39 is 23.8 Å². The fourth-order valence-corrected chi connectivity index (χ4v) is 3.06. The molecule has 0 saturated heterocycles. The maximum Gasteiger partial charge on any atom is 0.491 e. The number of nitrogens with one attached hydrogen (secondary N) is 1. The molecule has 1 aromatic carbocycles. The molecule has 7 nitrogen and oxygen atoms in total. The van der Waals surface area contributed by atoms with Crippen LogP contribution >= 0.6 is 0 Å². The minimum atomic E-state index is -5.22. The number of hydrogen-bond acceptors (Lipinski definition) is 5. The highest BCUT2D eigenvalue weighted by atomic mass is 19.4. The van der Waals surface area contributed by atoms with E-state index in [9.17, 15) is 22.8 Å². The smallest absolute Gasteiger partial charge is 0.415 e. The number of fused-ring (bicyclic) bond motifs is 1. The Balaban J connectivity index is 1.75. The first-order chi connectivity index (χ1) is 14.8. The first kappa shape index (κ1) is 20.3. The summed E-state index contributed by atoms with van der Waals surface area (Å²) in [5, 5.41) is 6.73. The number of hydrogen-bond donors (Lipinski definition) is 1. The van der Waals surface area contributed by atoms with E-state index >= 15 is 0 Å². The molecule has 3 heterocycles. The average molecular weight is 428 g/mol. The van der Waals surface area contributed by atoms with Crippen LogP contribution in [0.15, 0.2) is 48.7 Å². The molecule has 0 radical (unpaired) electrons. The number of carbonyl (C=O) groups excluding carboxylic acids is 2. The second-order valence-corrected chi connectivity index (χ2v) is 6.61. The van der Waals surface area contributed by atoms with Crippen molar-refractivity contribution in [1.82, 2.24) is 20.1 Å². The van der Waals surface area contributed by atoms with Gasteiger partial charge in [-0.05, 0) is 23.8 Å². The summed E-state index contributed by atoms with van der Waals surface area (Å²) in [7, 11) is 0.